The fourth-order valence-corrected chi connectivity index (χ4v) is 4.57. The monoisotopic (exact) mass is 631 g/mol. The summed E-state index contributed by atoms with van der Waals surface area (Å²) in [6.07, 6.45) is 3.84. The van der Waals surface area contributed by atoms with Crippen LogP contribution in [0, 0.1) is 15.9 Å². The van der Waals surface area contributed by atoms with Crippen LogP contribution in [0.5, 0.6) is 5.75 Å². The van der Waals surface area contributed by atoms with Crippen LogP contribution in [-0.4, -0.2) is 26.9 Å². The molecule has 3 N–H and O–H groups in total. The van der Waals surface area contributed by atoms with Gasteiger partial charge >= 0.3 is 17.7 Å². The van der Waals surface area contributed by atoms with Crippen molar-refractivity contribution in [1.82, 2.24) is 9.97 Å². The molecule has 0 aliphatic carbocycles. The Morgan fingerprint density at radius 2 is 1.67 bits per heavy atom. The van der Waals surface area contributed by atoms with E-state index in [9.17, 15) is 28.9 Å². The Bertz CT molecular complexity index is 1730. The Hall–Kier alpha value is -5.59. The van der Waals surface area contributed by atoms with Crippen LogP contribution >= 0.6 is 0 Å². The average molecular weight is 632 g/mol. The normalized spacial score (nSPS) is 11.4. The zero-order chi connectivity index (χ0) is 33.1. The van der Waals surface area contributed by atoms with Crippen molar-refractivity contribution in [2.75, 3.05) is 10.6 Å². The molecule has 0 fully saturated rings. The molecule has 0 saturated heterocycles. The first-order valence-electron chi connectivity index (χ1n) is 14.8. The number of H-pyrrole nitrogens is 1. The van der Waals surface area contributed by atoms with Gasteiger partial charge in [0.25, 0.3) is 5.56 Å². The van der Waals surface area contributed by atoms with E-state index in [1.54, 1.807) is 48.5 Å². The summed E-state index contributed by atoms with van der Waals surface area (Å²) in [5.74, 6) is -1.06. The quantitative estimate of drug-likeness (QED) is 0.0754. The van der Waals surface area contributed by atoms with Crippen molar-refractivity contribution < 1.29 is 28.4 Å². The Morgan fingerprint density at radius 1 is 0.978 bits per heavy atom. The highest BCUT2D eigenvalue weighted by molar-refractivity contribution is 5.98. The summed E-state index contributed by atoms with van der Waals surface area (Å²) >= 11 is 0. The molecule has 0 saturated carbocycles. The largest absolute Gasteiger partial charge is 0.489 e. The number of carbonyl (C=O) groups excluding carboxylic acids is 2. The third-order valence-electron chi connectivity index (χ3n) is 7.10. The number of nitrogens with one attached hydrogen (secondary N) is 3. The molecule has 1 atom stereocenters. The van der Waals surface area contributed by atoms with Crippen LogP contribution in [0.2, 0.25) is 0 Å². The van der Waals surface area contributed by atoms with Crippen molar-refractivity contribution in [3.63, 3.8) is 0 Å². The average Bonchev–Trinajstić information content (AvgIpc) is 3.04. The number of esters is 1. The van der Waals surface area contributed by atoms with E-state index in [1.165, 1.54) is 6.07 Å². The number of nitro groups is 1. The van der Waals surface area contributed by atoms with Crippen molar-refractivity contribution in [2.45, 2.75) is 58.7 Å². The number of hydrogen-bond donors (Lipinski definition) is 3. The highest BCUT2D eigenvalue weighted by atomic mass is 19.1. The van der Waals surface area contributed by atoms with Gasteiger partial charge in [-0.05, 0) is 60.4 Å². The van der Waals surface area contributed by atoms with Gasteiger partial charge in [-0.15, -0.1) is 0 Å². The van der Waals surface area contributed by atoms with Crippen LogP contribution < -0.4 is 20.9 Å². The molecule has 4 rings (SSSR count). The molecule has 0 aliphatic heterocycles. The first kappa shape index (κ1) is 33.3. The highest BCUT2D eigenvalue weighted by Crippen LogP contribution is 2.24. The number of halogens is 1. The van der Waals surface area contributed by atoms with Crippen molar-refractivity contribution in [3.8, 4) is 5.75 Å². The van der Waals surface area contributed by atoms with Crippen molar-refractivity contribution in [2.24, 2.45) is 0 Å². The molecule has 1 unspecified atom stereocenters. The molecule has 0 aliphatic rings. The Kier molecular flexibility index (Phi) is 11.5. The first-order chi connectivity index (χ1) is 22.1. The minimum absolute atomic E-state index is 0.0864. The lowest BCUT2D eigenvalue weighted by molar-refractivity contribution is -0.387. The lowest BCUT2D eigenvalue weighted by atomic mass is 9.96. The molecule has 3 aromatic carbocycles. The predicted molar refractivity (Wildman–Crippen MR) is 169 cm³/mol. The second kappa shape index (κ2) is 15.9. The molecule has 4 aromatic rings. The molecule has 1 heterocycles. The standard InChI is InChI=1S/C33H34FN5O7/c1-3-5-6-23(4-2)28-18-30(40)37-32(36-28)38-33(42)35-25-12-7-21(8-13-25)19-45-26-14-9-22(10-15-26)20-46-31(41)24-11-16-27(34)29(17-24)39(43)44/h7-18,23H,3-6,19-20H2,1-2H3,(H3,35,36,37,38,40,42). The molecule has 13 heteroatoms. The molecule has 2 amide bonds. The number of unbranched alkanes of at least 4 members (excludes halogenated alkanes) is 1. The summed E-state index contributed by atoms with van der Waals surface area (Å²) in [7, 11) is 0. The third kappa shape index (κ3) is 9.45. The number of hydrogen-bond acceptors (Lipinski definition) is 8. The lowest BCUT2D eigenvalue weighted by Crippen LogP contribution is -2.24. The zero-order valence-corrected chi connectivity index (χ0v) is 25.4. The van der Waals surface area contributed by atoms with Gasteiger partial charge < -0.3 is 14.8 Å². The van der Waals surface area contributed by atoms with Crippen molar-refractivity contribution >= 4 is 29.3 Å². The van der Waals surface area contributed by atoms with E-state index < -0.39 is 28.4 Å². The van der Waals surface area contributed by atoms with Crippen molar-refractivity contribution in [3.05, 3.63) is 121 Å². The summed E-state index contributed by atoms with van der Waals surface area (Å²) in [5.41, 5.74) is 1.43. The molecular formula is C33H34FN5O7. The van der Waals surface area contributed by atoms with E-state index in [0.29, 0.717) is 22.7 Å². The number of carbonyl (C=O) groups is 2. The molecule has 0 bridgehead atoms. The second-order valence-electron chi connectivity index (χ2n) is 10.5. The van der Waals surface area contributed by atoms with E-state index in [0.717, 1.165) is 49.4 Å². The first-order valence-corrected chi connectivity index (χ1v) is 14.8. The van der Waals surface area contributed by atoms with Crippen molar-refractivity contribution in [1.29, 1.82) is 0 Å². The van der Waals surface area contributed by atoms with Crippen LogP contribution in [0.4, 0.5) is 26.5 Å². The van der Waals surface area contributed by atoms with E-state index >= 15 is 0 Å². The van der Waals surface area contributed by atoms with Gasteiger partial charge in [0.1, 0.15) is 19.0 Å². The van der Waals surface area contributed by atoms with Gasteiger partial charge in [-0.2, -0.15) is 4.39 Å². The maximum absolute atomic E-state index is 13.5. The molecule has 0 spiro atoms. The number of nitro benzene ring substituents is 1. The Morgan fingerprint density at radius 3 is 2.35 bits per heavy atom. The summed E-state index contributed by atoms with van der Waals surface area (Å²) in [6, 6.07) is 17.6. The summed E-state index contributed by atoms with van der Waals surface area (Å²) < 4.78 is 24.5. The van der Waals surface area contributed by atoms with Crippen LogP contribution in [0.1, 0.15) is 72.6 Å². The van der Waals surface area contributed by atoms with Crippen LogP contribution in [-0.2, 0) is 18.0 Å². The summed E-state index contributed by atoms with van der Waals surface area (Å²) in [6.45, 7) is 4.32. The van der Waals surface area contributed by atoms with Gasteiger partial charge in [0.2, 0.25) is 11.8 Å². The number of benzene rings is 3. The van der Waals surface area contributed by atoms with Gasteiger partial charge in [-0.25, -0.2) is 14.6 Å². The number of anilines is 2. The molecule has 240 valence electrons. The molecule has 46 heavy (non-hydrogen) atoms. The Balaban J connectivity index is 1.24. The van der Waals surface area contributed by atoms with Crippen LogP contribution in [0.3, 0.4) is 0 Å². The van der Waals surface area contributed by atoms with Gasteiger partial charge in [-0.3, -0.25) is 25.2 Å². The topological polar surface area (TPSA) is 166 Å². The molecular weight excluding hydrogens is 597 g/mol. The number of aromatic amines is 1. The number of urea groups is 1. The number of ether oxygens (including phenoxy) is 2. The number of nitrogens with zero attached hydrogens (tertiary/aromatic N) is 2. The second-order valence-corrected chi connectivity index (χ2v) is 10.5. The highest BCUT2D eigenvalue weighted by Gasteiger charge is 2.18. The predicted octanol–water partition coefficient (Wildman–Crippen LogP) is 7.08. The van der Waals surface area contributed by atoms with E-state index in [1.807, 2.05) is 0 Å². The molecule has 12 nitrogen and oxygen atoms in total. The zero-order valence-electron chi connectivity index (χ0n) is 25.4. The van der Waals surface area contributed by atoms with Gasteiger partial charge in [-0.1, -0.05) is 51.0 Å². The number of rotatable bonds is 14. The maximum atomic E-state index is 13.5. The maximum Gasteiger partial charge on any atom is 0.338 e. The SMILES string of the molecule is CCCCC(CC)c1cc(=O)[nH]c(NC(=O)Nc2ccc(COc3ccc(COC(=O)c4ccc(F)c([N+](=O)[O-])c4)cc3)cc2)n1. The van der Waals surface area contributed by atoms with Gasteiger partial charge in [0.05, 0.1) is 16.2 Å². The van der Waals surface area contributed by atoms with E-state index in [2.05, 4.69) is 34.4 Å². The Labute approximate surface area is 264 Å². The third-order valence-corrected chi connectivity index (χ3v) is 7.10. The van der Waals surface area contributed by atoms with Gasteiger partial charge in [0.15, 0.2) is 0 Å². The number of amides is 2. The fourth-order valence-electron chi connectivity index (χ4n) is 4.57. The van der Waals surface area contributed by atoms with Gasteiger partial charge in [0, 0.05) is 23.7 Å². The van der Waals surface area contributed by atoms with E-state index in [4.69, 9.17) is 9.47 Å². The number of aromatic nitrogens is 2. The fraction of sp³-hybridized carbons (Fsp3) is 0.273. The smallest absolute Gasteiger partial charge is 0.338 e. The lowest BCUT2D eigenvalue weighted by Gasteiger charge is -2.15. The van der Waals surface area contributed by atoms with E-state index in [-0.39, 0.29) is 36.2 Å². The summed E-state index contributed by atoms with van der Waals surface area (Å²) in [5, 5.41) is 16.2. The molecule has 1 aromatic heterocycles. The minimum Gasteiger partial charge on any atom is -0.489 e. The summed E-state index contributed by atoms with van der Waals surface area (Å²) in [4.78, 5) is 54.0. The minimum atomic E-state index is -1.04. The molecule has 0 radical (unpaired) electrons. The van der Waals surface area contributed by atoms with Crippen LogP contribution in [0.25, 0.3) is 0 Å². The van der Waals surface area contributed by atoms with Crippen LogP contribution in [0.15, 0.2) is 77.6 Å².